The van der Waals surface area contributed by atoms with E-state index < -0.39 is 34.6 Å². The van der Waals surface area contributed by atoms with E-state index in [0.717, 1.165) is 0 Å². The molecular weight excluding hydrogens is 354 g/mol. The number of nitriles is 1. The van der Waals surface area contributed by atoms with Crippen LogP contribution in [0.15, 0.2) is 29.2 Å². The predicted molar refractivity (Wildman–Crippen MR) is 98.3 cm³/mol. The van der Waals surface area contributed by atoms with Crippen LogP contribution in [0.2, 0.25) is 0 Å². The summed E-state index contributed by atoms with van der Waals surface area (Å²) in [5.74, 6) is -0.457. The fourth-order valence-electron chi connectivity index (χ4n) is 2.06. The maximum absolute atomic E-state index is 12.5. The lowest BCUT2D eigenvalue weighted by Gasteiger charge is -2.24. The highest BCUT2D eigenvalue weighted by Crippen LogP contribution is 2.11. The zero-order valence-corrected chi connectivity index (χ0v) is 16.5. The Bertz CT molecular complexity index is 720. The molecule has 1 unspecified atom stereocenters. The molecule has 8 heteroatoms. The Kier molecular flexibility index (Phi) is 7.77. The summed E-state index contributed by atoms with van der Waals surface area (Å²) < 4.78 is 19.9. The number of carbonyl (C=O) groups excluding carboxylic acids is 2. The molecule has 2 atom stereocenters. The smallest absolute Gasteiger partial charge is 0.408 e. The van der Waals surface area contributed by atoms with Crippen LogP contribution in [0.4, 0.5) is 4.79 Å². The Morgan fingerprint density at radius 3 is 2.50 bits per heavy atom. The van der Waals surface area contributed by atoms with Crippen LogP contribution >= 0.6 is 0 Å². The van der Waals surface area contributed by atoms with Gasteiger partial charge < -0.3 is 10.1 Å². The van der Waals surface area contributed by atoms with Gasteiger partial charge in [-0.25, -0.2) is 9.00 Å². The van der Waals surface area contributed by atoms with Crippen LogP contribution in [0, 0.1) is 17.2 Å². The summed E-state index contributed by atoms with van der Waals surface area (Å²) in [6, 6.07) is 7.22. The van der Waals surface area contributed by atoms with E-state index in [1.807, 2.05) is 19.9 Å². The largest absolute Gasteiger partial charge is 0.444 e. The summed E-state index contributed by atoms with van der Waals surface area (Å²) in [5, 5.41) is 11.4. The molecular formula is C18H25N3O4S. The minimum Gasteiger partial charge on any atom is -0.444 e. The fourth-order valence-corrected chi connectivity index (χ4v) is 2.93. The number of nitrogens with zero attached hydrogens (tertiary/aromatic N) is 1. The second-order valence-corrected chi connectivity index (χ2v) is 8.42. The van der Waals surface area contributed by atoms with Gasteiger partial charge in [-0.1, -0.05) is 19.9 Å². The summed E-state index contributed by atoms with van der Waals surface area (Å²) in [5.41, 5.74) is -0.348. The molecule has 7 nitrogen and oxygen atoms in total. The first-order chi connectivity index (χ1) is 12.0. The quantitative estimate of drug-likeness (QED) is 0.790. The average Bonchev–Trinajstić information content (AvgIpc) is 2.51. The third-order valence-corrected chi connectivity index (χ3v) is 4.15. The van der Waals surface area contributed by atoms with Crippen molar-refractivity contribution in [1.82, 2.24) is 10.0 Å². The van der Waals surface area contributed by atoms with Gasteiger partial charge in [0.2, 0.25) is 0 Å². The van der Waals surface area contributed by atoms with Crippen molar-refractivity contribution in [2.45, 2.75) is 57.6 Å². The van der Waals surface area contributed by atoms with E-state index in [0.29, 0.717) is 16.9 Å². The van der Waals surface area contributed by atoms with Crippen molar-refractivity contribution in [3.05, 3.63) is 29.8 Å². The maximum atomic E-state index is 12.5. The molecule has 0 aliphatic rings. The van der Waals surface area contributed by atoms with Crippen LogP contribution in [0.1, 0.15) is 46.6 Å². The van der Waals surface area contributed by atoms with E-state index in [9.17, 15) is 13.8 Å². The van der Waals surface area contributed by atoms with Gasteiger partial charge >= 0.3 is 6.09 Å². The Hall–Kier alpha value is -2.40. The van der Waals surface area contributed by atoms with E-state index >= 15 is 0 Å². The Morgan fingerprint density at radius 2 is 1.96 bits per heavy atom. The van der Waals surface area contributed by atoms with Crippen LogP contribution in [-0.4, -0.2) is 27.9 Å². The summed E-state index contributed by atoms with van der Waals surface area (Å²) in [4.78, 5) is 24.8. The van der Waals surface area contributed by atoms with Crippen molar-refractivity contribution in [2.75, 3.05) is 0 Å². The van der Waals surface area contributed by atoms with Gasteiger partial charge in [0.1, 0.15) is 11.6 Å². The highest BCUT2D eigenvalue weighted by Gasteiger charge is 2.26. The SMILES string of the molecule is CC(C)C[C@H](NC(=O)OC(C)(C)C)C(=O)NS(=O)c1cccc(C#N)c1. The first kappa shape index (κ1) is 21.6. The number of nitrogens with one attached hydrogen (secondary N) is 2. The zero-order valence-electron chi connectivity index (χ0n) is 15.7. The zero-order chi connectivity index (χ0) is 19.9. The second kappa shape index (κ2) is 9.34. The number of amides is 2. The van der Waals surface area contributed by atoms with Crippen molar-refractivity contribution in [3.63, 3.8) is 0 Å². The van der Waals surface area contributed by atoms with Crippen molar-refractivity contribution in [1.29, 1.82) is 5.26 Å². The Morgan fingerprint density at radius 1 is 1.31 bits per heavy atom. The third-order valence-electron chi connectivity index (χ3n) is 3.09. The van der Waals surface area contributed by atoms with E-state index in [4.69, 9.17) is 10.00 Å². The number of ether oxygens (including phenoxy) is 1. The molecule has 0 aromatic heterocycles. The average molecular weight is 379 g/mol. The van der Waals surface area contributed by atoms with Gasteiger partial charge in [0, 0.05) is 0 Å². The predicted octanol–water partition coefficient (Wildman–Crippen LogP) is 2.64. The van der Waals surface area contributed by atoms with Gasteiger partial charge in [-0.15, -0.1) is 0 Å². The molecule has 0 spiro atoms. The molecule has 1 rings (SSSR count). The van der Waals surface area contributed by atoms with Gasteiger partial charge in [-0.2, -0.15) is 5.26 Å². The summed E-state index contributed by atoms with van der Waals surface area (Å²) in [6.07, 6.45) is -0.351. The van der Waals surface area contributed by atoms with Crippen molar-refractivity contribution < 1.29 is 18.5 Å². The Balaban J connectivity index is 2.83. The molecule has 0 bridgehead atoms. The first-order valence-corrected chi connectivity index (χ1v) is 9.38. The molecule has 1 aromatic carbocycles. The fraction of sp³-hybridized carbons (Fsp3) is 0.500. The standard InChI is InChI=1S/C18H25N3O4S/c1-12(2)9-15(20-17(23)25-18(3,4)5)16(22)21-26(24)14-8-6-7-13(10-14)11-19/h6-8,10,12,15H,9H2,1-5H3,(H,20,23)(H,21,22)/t15-,26?/m0/s1. The third kappa shape index (κ3) is 7.66. The summed E-state index contributed by atoms with van der Waals surface area (Å²) in [7, 11) is -1.84. The normalized spacial score (nSPS) is 13.4. The van der Waals surface area contributed by atoms with Crippen molar-refractivity contribution >= 4 is 23.0 Å². The molecule has 0 aliphatic carbocycles. The Labute approximate surface area is 156 Å². The molecule has 2 amide bonds. The maximum Gasteiger partial charge on any atom is 0.408 e. The summed E-state index contributed by atoms with van der Waals surface area (Å²) in [6.45, 7) is 8.98. The molecule has 0 aliphatic heterocycles. The van der Waals surface area contributed by atoms with Crippen molar-refractivity contribution in [3.8, 4) is 6.07 Å². The molecule has 142 valence electrons. The van der Waals surface area contributed by atoms with E-state index in [1.54, 1.807) is 39.0 Å². The van der Waals surface area contributed by atoms with Crippen LogP contribution in [-0.2, 0) is 20.5 Å². The van der Waals surface area contributed by atoms with Crippen LogP contribution in [0.5, 0.6) is 0 Å². The van der Waals surface area contributed by atoms with E-state index in [2.05, 4.69) is 10.0 Å². The molecule has 0 fully saturated rings. The monoisotopic (exact) mass is 379 g/mol. The van der Waals surface area contributed by atoms with Crippen molar-refractivity contribution in [2.24, 2.45) is 5.92 Å². The number of hydrogen-bond donors (Lipinski definition) is 2. The molecule has 1 aromatic rings. The minimum atomic E-state index is -1.84. The number of rotatable bonds is 6. The number of alkyl carbamates (subject to hydrolysis) is 1. The van der Waals surface area contributed by atoms with Crippen LogP contribution < -0.4 is 10.0 Å². The lowest BCUT2D eigenvalue weighted by atomic mass is 10.0. The van der Waals surface area contributed by atoms with E-state index in [-0.39, 0.29) is 5.92 Å². The van der Waals surface area contributed by atoms with Crippen LogP contribution in [0.3, 0.4) is 0 Å². The second-order valence-electron chi connectivity index (χ2n) is 7.20. The molecule has 0 saturated heterocycles. The van der Waals surface area contributed by atoms with Gasteiger partial charge in [0.05, 0.1) is 16.5 Å². The lowest BCUT2D eigenvalue weighted by molar-refractivity contribution is -0.121. The molecule has 0 saturated carbocycles. The van der Waals surface area contributed by atoms with Gasteiger partial charge in [-0.3, -0.25) is 9.52 Å². The molecule has 0 heterocycles. The first-order valence-electron chi connectivity index (χ1n) is 8.23. The van der Waals surface area contributed by atoms with Crippen LogP contribution in [0.25, 0.3) is 0 Å². The molecule has 26 heavy (non-hydrogen) atoms. The van der Waals surface area contributed by atoms with Gasteiger partial charge in [-0.05, 0) is 51.3 Å². The van der Waals surface area contributed by atoms with E-state index in [1.165, 1.54) is 6.07 Å². The number of carbonyl (C=O) groups is 2. The molecule has 0 radical (unpaired) electrons. The highest BCUT2D eigenvalue weighted by molar-refractivity contribution is 7.83. The number of benzene rings is 1. The molecule has 2 N–H and O–H groups in total. The van der Waals surface area contributed by atoms with Gasteiger partial charge in [0.25, 0.3) is 5.91 Å². The number of hydrogen-bond acceptors (Lipinski definition) is 5. The highest BCUT2D eigenvalue weighted by atomic mass is 32.2. The van der Waals surface area contributed by atoms with Gasteiger partial charge in [0.15, 0.2) is 11.0 Å². The topological polar surface area (TPSA) is 108 Å². The summed E-state index contributed by atoms with van der Waals surface area (Å²) >= 11 is 0. The lowest BCUT2D eigenvalue weighted by Crippen LogP contribution is -2.49. The minimum absolute atomic E-state index is 0.121.